The summed E-state index contributed by atoms with van der Waals surface area (Å²) in [5.74, 6) is -0.707. The van der Waals surface area contributed by atoms with Crippen molar-refractivity contribution in [2.24, 2.45) is 0 Å². The molecule has 98 valence electrons. The summed E-state index contributed by atoms with van der Waals surface area (Å²) in [6.45, 7) is 2.11. The van der Waals surface area contributed by atoms with Crippen LogP contribution in [-0.2, 0) is 20.7 Å². The maximum atomic E-state index is 11.4. The molecule has 0 heterocycles. The van der Waals surface area contributed by atoms with Gasteiger partial charge in [-0.1, -0.05) is 11.6 Å². The lowest BCUT2D eigenvalue weighted by molar-refractivity contribution is -0.143. The van der Waals surface area contributed by atoms with E-state index in [-0.39, 0.29) is 12.4 Å². The number of hydrogen-bond acceptors (Lipinski definition) is 4. The number of aryl methyl sites for hydroxylation is 1. The summed E-state index contributed by atoms with van der Waals surface area (Å²) in [6.07, 6.45) is 0.667. The van der Waals surface area contributed by atoms with Gasteiger partial charge < -0.3 is 9.47 Å². The highest BCUT2D eigenvalue weighted by Crippen LogP contribution is 2.20. The molecule has 5 heteroatoms. The molecule has 0 aliphatic heterocycles. The number of carbonyl (C=O) groups excluding carboxylic acids is 2. The van der Waals surface area contributed by atoms with Gasteiger partial charge in [0.05, 0.1) is 19.3 Å². The first-order valence-corrected chi connectivity index (χ1v) is 5.98. The third-order valence-corrected chi connectivity index (χ3v) is 2.74. The minimum absolute atomic E-state index is 0.234. The SMILES string of the molecule is CCOC(=O)CCc1cc(C(=O)OC)ccc1Cl. The van der Waals surface area contributed by atoms with Gasteiger partial charge in [-0.25, -0.2) is 4.79 Å². The smallest absolute Gasteiger partial charge is 0.337 e. The number of hydrogen-bond donors (Lipinski definition) is 0. The Kier molecular flexibility index (Phi) is 5.65. The molecule has 0 aliphatic carbocycles. The first-order valence-electron chi connectivity index (χ1n) is 5.60. The van der Waals surface area contributed by atoms with Crippen LogP contribution in [0.2, 0.25) is 5.02 Å². The predicted octanol–water partition coefficient (Wildman–Crippen LogP) is 2.62. The lowest BCUT2D eigenvalue weighted by Crippen LogP contribution is -2.06. The van der Waals surface area contributed by atoms with Crippen molar-refractivity contribution in [1.82, 2.24) is 0 Å². The molecule has 0 aliphatic rings. The highest BCUT2D eigenvalue weighted by atomic mass is 35.5. The summed E-state index contributed by atoms with van der Waals surface area (Å²) >= 11 is 6.00. The van der Waals surface area contributed by atoms with Crippen molar-refractivity contribution in [1.29, 1.82) is 0 Å². The molecule has 0 saturated carbocycles. The van der Waals surface area contributed by atoms with Crippen molar-refractivity contribution in [3.05, 3.63) is 34.3 Å². The average molecular weight is 271 g/mol. The lowest BCUT2D eigenvalue weighted by atomic mass is 10.1. The van der Waals surface area contributed by atoms with Crippen LogP contribution in [0.3, 0.4) is 0 Å². The Labute approximate surface area is 111 Å². The second-order valence-corrected chi connectivity index (χ2v) is 4.01. The second kappa shape index (κ2) is 7.01. The molecule has 0 fully saturated rings. The van der Waals surface area contributed by atoms with E-state index in [9.17, 15) is 9.59 Å². The van der Waals surface area contributed by atoms with Crippen LogP contribution in [0.1, 0.15) is 29.3 Å². The van der Waals surface area contributed by atoms with Gasteiger partial charge in [-0.05, 0) is 37.1 Å². The van der Waals surface area contributed by atoms with E-state index < -0.39 is 5.97 Å². The van der Waals surface area contributed by atoms with Gasteiger partial charge in [0, 0.05) is 11.4 Å². The number of benzene rings is 1. The summed E-state index contributed by atoms with van der Waals surface area (Å²) in [6, 6.07) is 4.84. The molecule has 0 amide bonds. The van der Waals surface area contributed by atoms with Gasteiger partial charge in [-0.2, -0.15) is 0 Å². The third kappa shape index (κ3) is 4.04. The summed E-state index contributed by atoms with van der Waals surface area (Å²) in [7, 11) is 1.31. The number of rotatable bonds is 5. The lowest BCUT2D eigenvalue weighted by Gasteiger charge is -2.06. The molecule has 0 N–H and O–H groups in total. The molecular formula is C13H15ClO4. The van der Waals surface area contributed by atoms with Gasteiger partial charge in [0.1, 0.15) is 0 Å². The zero-order chi connectivity index (χ0) is 13.5. The summed E-state index contributed by atoms with van der Waals surface area (Å²) in [5, 5.41) is 0.520. The van der Waals surface area contributed by atoms with Crippen LogP contribution in [0.4, 0.5) is 0 Å². The normalized spacial score (nSPS) is 9.94. The maximum Gasteiger partial charge on any atom is 0.337 e. The van der Waals surface area contributed by atoms with Crippen molar-refractivity contribution >= 4 is 23.5 Å². The molecule has 0 bridgehead atoms. The van der Waals surface area contributed by atoms with Gasteiger partial charge in [0.2, 0.25) is 0 Å². The molecule has 0 spiro atoms. The summed E-state index contributed by atoms with van der Waals surface area (Å²) in [4.78, 5) is 22.6. The molecule has 1 aromatic rings. The minimum atomic E-state index is -0.427. The number of methoxy groups -OCH3 is 1. The molecule has 4 nitrogen and oxygen atoms in total. The van der Waals surface area contributed by atoms with E-state index in [0.717, 1.165) is 5.56 Å². The Morgan fingerprint density at radius 3 is 2.67 bits per heavy atom. The number of esters is 2. The van der Waals surface area contributed by atoms with E-state index >= 15 is 0 Å². The standard InChI is InChI=1S/C13H15ClO4/c1-3-18-12(15)7-5-9-8-10(13(16)17-2)4-6-11(9)14/h4,6,8H,3,5,7H2,1-2H3. The monoisotopic (exact) mass is 270 g/mol. The molecular weight excluding hydrogens is 256 g/mol. The second-order valence-electron chi connectivity index (χ2n) is 3.60. The largest absolute Gasteiger partial charge is 0.466 e. The fourth-order valence-electron chi connectivity index (χ4n) is 1.48. The van der Waals surface area contributed by atoms with Crippen LogP contribution in [0.15, 0.2) is 18.2 Å². The van der Waals surface area contributed by atoms with Crippen molar-refractivity contribution in [3.8, 4) is 0 Å². The Morgan fingerprint density at radius 1 is 1.33 bits per heavy atom. The molecule has 0 atom stereocenters. The number of ether oxygens (including phenoxy) is 2. The third-order valence-electron chi connectivity index (χ3n) is 2.37. The van der Waals surface area contributed by atoms with Crippen molar-refractivity contribution in [2.45, 2.75) is 19.8 Å². The Balaban J connectivity index is 2.75. The van der Waals surface area contributed by atoms with Crippen LogP contribution in [-0.4, -0.2) is 25.7 Å². The van der Waals surface area contributed by atoms with E-state index in [1.54, 1.807) is 25.1 Å². The van der Waals surface area contributed by atoms with Crippen molar-refractivity contribution < 1.29 is 19.1 Å². The summed E-state index contributed by atoms with van der Waals surface area (Å²) in [5.41, 5.74) is 1.15. The van der Waals surface area contributed by atoms with Crippen LogP contribution in [0.5, 0.6) is 0 Å². The van der Waals surface area contributed by atoms with Crippen molar-refractivity contribution in [2.75, 3.05) is 13.7 Å². The molecule has 0 radical (unpaired) electrons. The van der Waals surface area contributed by atoms with E-state index in [1.807, 2.05) is 0 Å². The topological polar surface area (TPSA) is 52.6 Å². The molecule has 0 saturated heterocycles. The Hall–Kier alpha value is -1.55. The van der Waals surface area contributed by atoms with Gasteiger partial charge in [-0.3, -0.25) is 4.79 Å². The van der Waals surface area contributed by atoms with Crippen molar-refractivity contribution in [3.63, 3.8) is 0 Å². The zero-order valence-electron chi connectivity index (χ0n) is 10.4. The van der Waals surface area contributed by atoms with E-state index in [4.69, 9.17) is 16.3 Å². The Morgan fingerprint density at radius 2 is 2.06 bits per heavy atom. The highest BCUT2D eigenvalue weighted by molar-refractivity contribution is 6.31. The van der Waals surface area contributed by atoms with Crippen LogP contribution < -0.4 is 0 Å². The van der Waals surface area contributed by atoms with E-state index in [0.29, 0.717) is 23.6 Å². The van der Waals surface area contributed by atoms with Crippen LogP contribution in [0.25, 0.3) is 0 Å². The molecule has 1 aromatic carbocycles. The fraction of sp³-hybridized carbons (Fsp3) is 0.385. The zero-order valence-corrected chi connectivity index (χ0v) is 11.1. The van der Waals surface area contributed by atoms with Gasteiger partial charge >= 0.3 is 11.9 Å². The quantitative estimate of drug-likeness (QED) is 0.772. The van der Waals surface area contributed by atoms with Gasteiger partial charge in [0.25, 0.3) is 0 Å². The van der Waals surface area contributed by atoms with E-state index in [2.05, 4.69) is 4.74 Å². The summed E-state index contributed by atoms with van der Waals surface area (Å²) < 4.78 is 9.45. The average Bonchev–Trinajstić information content (AvgIpc) is 2.37. The number of carbonyl (C=O) groups is 2. The minimum Gasteiger partial charge on any atom is -0.466 e. The predicted molar refractivity (Wildman–Crippen MR) is 67.7 cm³/mol. The molecule has 0 aromatic heterocycles. The highest BCUT2D eigenvalue weighted by Gasteiger charge is 2.10. The first kappa shape index (κ1) is 14.5. The fourth-order valence-corrected chi connectivity index (χ4v) is 1.69. The van der Waals surface area contributed by atoms with E-state index in [1.165, 1.54) is 7.11 Å². The van der Waals surface area contributed by atoms with Gasteiger partial charge in [-0.15, -0.1) is 0 Å². The van der Waals surface area contributed by atoms with Gasteiger partial charge in [0.15, 0.2) is 0 Å². The maximum absolute atomic E-state index is 11.4. The molecule has 0 unspecified atom stereocenters. The van der Waals surface area contributed by atoms with Crippen LogP contribution in [0, 0.1) is 0 Å². The molecule has 1 rings (SSSR count). The Bertz CT molecular complexity index is 443. The number of halogens is 1. The van der Waals surface area contributed by atoms with Crippen LogP contribution >= 0.6 is 11.6 Å². The first-order chi connectivity index (χ1) is 8.58. The molecule has 18 heavy (non-hydrogen) atoms.